The van der Waals surface area contributed by atoms with Gasteiger partial charge in [-0.25, -0.2) is 4.98 Å². The lowest BCUT2D eigenvalue weighted by atomic mass is 10.3. The molecule has 0 fully saturated rings. The number of nitrogens with zero attached hydrogens (tertiary/aromatic N) is 4. The Balaban J connectivity index is 1.84. The minimum atomic E-state index is -0.00712. The van der Waals surface area contributed by atoms with Crippen molar-refractivity contribution >= 4 is 21.6 Å². The van der Waals surface area contributed by atoms with Gasteiger partial charge < -0.3 is 4.52 Å². The van der Waals surface area contributed by atoms with Gasteiger partial charge >= 0.3 is 0 Å². The van der Waals surface area contributed by atoms with E-state index in [9.17, 15) is 4.79 Å². The third kappa shape index (κ3) is 2.24. The molecule has 0 bridgehead atoms. The molecular weight excluding hydrogens is 276 g/mol. The summed E-state index contributed by atoms with van der Waals surface area (Å²) in [6, 6.07) is 0. The van der Waals surface area contributed by atoms with E-state index in [1.165, 1.54) is 11.3 Å². The van der Waals surface area contributed by atoms with E-state index >= 15 is 0 Å². The first-order valence-electron chi connectivity index (χ1n) is 6.43. The van der Waals surface area contributed by atoms with Gasteiger partial charge in [0.25, 0.3) is 5.56 Å². The molecule has 0 saturated carbocycles. The van der Waals surface area contributed by atoms with Crippen LogP contribution < -0.4 is 5.56 Å². The summed E-state index contributed by atoms with van der Waals surface area (Å²) < 4.78 is 7.34. The minimum absolute atomic E-state index is 0.00712. The van der Waals surface area contributed by atoms with Gasteiger partial charge in [-0.3, -0.25) is 9.36 Å². The molecule has 0 N–H and O–H groups in total. The van der Waals surface area contributed by atoms with Crippen LogP contribution >= 0.6 is 11.3 Å². The topological polar surface area (TPSA) is 73.8 Å². The van der Waals surface area contributed by atoms with Crippen molar-refractivity contribution in [3.63, 3.8) is 0 Å². The van der Waals surface area contributed by atoms with Crippen molar-refractivity contribution in [2.45, 2.75) is 33.2 Å². The fraction of sp³-hybridized carbons (Fsp3) is 0.385. The highest BCUT2D eigenvalue weighted by molar-refractivity contribution is 7.17. The van der Waals surface area contributed by atoms with E-state index in [1.54, 1.807) is 10.9 Å². The second-order valence-corrected chi connectivity index (χ2v) is 5.43. The van der Waals surface area contributed by atoms with Crippen LogP contribution in [0.5, 0.6) is 0 Å². The first kappa shape index (κ1) is 13.0. The van der Waals surface area contributed by atoms with Crippen molar-refractivity contribution < 1.29 is 4.52 Å². The van der Waals surface area contributed by atoms with Gasteiger partial charge in [0.15, 0.2) is 5.82 Å². The second kappa shape index (κ2) is 5.16. The van der Waals surface area contributed by atoms with Crippen LogP contribution in [0.1, 0.15) is 24.2 Å². The summed E-state index contributed by atoms with van der Waals surface area (Å²) in [5.74, 6) is 1.24. The molecule has 3 heterocycles. The first-order valence-corrected chi connectivity index (χ1v) is 7.31. The molecule has 0 amide bonds. The zero-order chi connectivity index (χ0) is 14.1. The van der Waals surface area contributed by atoms with Gasteiger partial charge in [-0.2, -0.15) is 4.98 Å². The number of hydrogen-bond donors (Lipinski definition) is 0. The van der Waals surface area contributed by atoms with E-state index in [2.05, 4.69) is 15.1 Å². The van der Waals surface area contributed by atoms with Gasteiger partial charge in [0.2, 0.25) is 5.89 Å². The molecule has 3 aromatic heterocycles. The molecule has 0 aliphatic rings. The van der Waals surface area contributed by atoms with Crippen molar-refractivity contribution in [2.24, 2.45) is 0 Å². The van der Waals surface area contributed by atoms with E-state index in [0.29, 0.717) is 29.4 Å². The predicted octanol–water partition coefficient (Wildman–Crippen LogP) is 1.95. The summed E-state index contributed by atoms with van der Waals surface area (Å²) in [5.41, 5.74) is 1.83. The lowest BCUT2D eigenvalue weighted by molar-refractivity contribution is 0.375. The molecule has 104 valence electrons. The van der Waals surface area contributed by atoms with Crippen molar-refractivity contribution in [3.8, 4) is 0 Å². The van der Waals surface area contributed by atoms with Crippen LogP contribution in [0.25, 0.3) is 10.2 Å². The first-order chi connectivity index (χ1) is 9.69. The smallest absolute Gasteiger partial charge is 0.271 e. The van der Waals surface area contributed by atoms with Crippen LogP contribution in [0.2, 0.25) is 0 Å². The van der Waals surface area contributed by atoms with Crippen LogP contribution in [0.15, 0.2) is 21.0 Å². The van der Waals surface area contributed by atoms with Crippen LogP contribution in [-0.4, -0.2) is 19.7 Å². The molecule has 6 nitrogen and oxygen atoms in total. The van der Waals surface area contributed by atoms with E-state index < -0.39 is 0 Å². The maximum Gasteiger partial charge on any atom is 0.271 e. The Kier molecular flexibility index (Phi) is 3.35. The summed E-state index contributed by atoms with van der Waals surface area (Å²) in [7, 11) is 0. The Bertz CT molecular complexity index is 802. The van der Waals surface area contributed by atoms with Crippen LogP contribution in [0.4, 0.5) is 0 Å². The molecule has 7 heteroatoms. The SMILES string of the molecule is CCc1nc(CCn2cnc3c(C)csc3c2=O)no1. The summed E-state index contributed by atoms with van der Waals surface area (Å²) >= 11 is 1.44. The predicted molar refractivity (Wildman–Crippen MR) is 76.0 cm³/mol. The van der Waals surface area contributed by atoms with E-state index in [0.717, 1.165) is 17.5 Å². The van der Waals surface area contributed by atoms with Crippen molar-refractivity contribution in [2.75, 3.05) is 0 Å². The number of aromatic nitrogens is 4. The molecule has 3 rings (SSSR count). The van der Waals surface area contributed by atoms with E-state index in [4.69, 9.17) is 4.52 Å². The Morgan fingerprint density at radius 2 is 2.30 bits per heavy atom. The number of aryl methyl sites for hydroxylation is 4. The number of hydrogen-bond acceptors (Lipinski definition) is 6. The molecule has 3 aromatic rings. The normalized spacial score (nSPS) is 11.3. The van der Waals surface area contributed by atoms with Crippen LogP contribution in [-0.2, 0) is 19.4 Å². The number of thiophene rings is 1. The summed E-state index contributed by atoms with van der Waals surface area (Å²) in [6.45, 7) is 4.42. The van der Waals surface area contributed by atoms with Gasteiger partial charge in [-0.1, -0.05) is 12.1 Å². The molecular formula is C13H14N4O2S. The number of fused-ring (bicyclic) bond motifs is 1. The van der Waals surface area contributed by atoms with Gasteiger partial charge in [0, 0.05) is 19.4 Å². The summed E-state index contributed by atoms with van der Waals surface area (Å²) in [4.78, 5) is 20.9. The maximum absolute atomic E-state index is 12.3. The van der Waals surface area contributed by atoms with Crippen molar-refractivity contribution in [1.29, 1.82) is 0 Å². The summed E-state index contributed by atoms with van der Waals surface area (Å²) in [6.07, 6.45) is 2.86. The zero-order valence-electron chi connectivity index (χ0n) is 11.3. The van der Waals surface area contributed by atoms with E-state index in [1.807, 2.05) is 19.2 Å². The van der Waals surface area contributed by atoms with Gasteiger partial charge in [0.1, 0.15) is 4.70 Å². The minimum Gasteiger partial charge on any atom is -0.339 e. The maximum atomic E-state index is 12.3. The fourth-order valence-electron chi connectivity index (χ4n) is 1.98. The van der Waals surface area contributed by atoms with Gasteiger partial charge in [0.05, 0.1) is 11.8 Å². The standard InChI is InChI=1S/C13H14N4O2S/c1-3-10-15-9(16-19-10)4-5-17-7-14-11-8(2)6-20-12(11)13(17)18/h6-7H,3-5H2,1-2H3. The van der Waals surface area contributed by atoms with Crippen molar-refractivity contribution in [3.05, 3.63) is 39.3 Å². The highest BCUT2D eigenvalue weighted by Crippen LogP contribution is 2.19. The lowest BCUT2D eigenvalue weighted by Gasteiger charge is -2.02. The molecule has 0 aromatic carbocycles. The molecule has 0 spiro atoms. The average molecular weight is 290 g/mol. The molecule has 0 aliphatic heterocycles. The van der Waals surface area contributed by atoms with Crippen LogP contribution in [0, 0.1) is 6.92 Å². The molecule has 0 atom stereocenters. The van der Waals surface area contributed by atoms with Gasteiger partial charge in [-0.15, -0.1) is 11.3 Å². The largest absolute Gasteiger partial charge is 0.339 e. The van der Waals surface area contributed by atoms with Gasteiger partial charge in [-0.05, 0) is 17.9 Å². The molecule has 0 unspecified atom stereocenters. The van der Waals surface area contributed by atoms with E-state index in [-0.39, 0.29) is 5.56 Å². The number of rotatable bonds is 4. The van der Waals surface area contributed by atoms with Crippen molar-refractivity contribution in [1.82, 2.24) is 19.7 Å². The summed E-state index contributed by atoms with van der Waals surface area (Å²) in [5, 5.41) is 5.83. The van der Waals surface area contributed by atoms with Crippen LogP contribution in [0.3, 0.4) is 0 Å². The Morgan fingerprint density at radius 1 is 1.45 bits per heavy atom. The highest BCUT2D eigenvalue weighted by Gasteiger charge is 2.10. The Hall–Kier alpha value is -2.02. The Morgan fingerprint density at radius 3 is 3.05 bits per heavy atom. The molecule has 0 aliphatic carbocycles. The zero-order valence-corrected chi connectivity index (χ0v) is 12.1. The fourth-order valence-corrected chi connectivity index (χ4v) is 2.93. The molecule has 20 heavy (non-hydrogen) atoms. The third-order valence-corrected chi connectivity index (χ3v) is 4.19. The monoisotopic (exact) mass is 290 g/mol. The third-order valence-electron chi connectivity index (χ3n) is 3.11. The Labute approximate surface area is 119 Å². The second-order valence-electron chi connectivity index (χ2n) is 4.55. The molecule has 0 radical (unpaired) electrons. The highest BCUT2D eigenvalue weighted by atomic mass is 32.1. The lowest BCUT2D eigenvalue weighted by Crippen LogP contribution is -2.21. The average Bonchev–Trinajstić information content (AvgIpc) is 3.06. The molecule has 0 saturated heterocycles. The quantitative estimate of drug-likeness (QED) is 0.734.